The van der Waals surface area contributed by atoms with Crippen LogP contribution in [0.2, 0.25) is 0 Å². The molecule has 0 spiro atoms. The fourth-order valence-corrected chi connectivity index (χ4v) is 2.41. The van der Waals surface area contributed by atoms with Crippen LogP contribution in [0.3, 0.4) is 0 Å². The number of nitrogens with zero attached hydrogens (tertiary/aromatic N) is 1. The highest BCUT2D eigenvalue weighted by Crippen LogP contribution is 2.30. The maximum absolute atomic E-state index is 10.4. The lowest BCUT2D eigenvalue weighted by molar-refractivity contribution is -0.0339. The van der Waals surface area contributed by atoms with Crippen LogP contribution < -0.4 is 9.47 Å². The summed E-state index contributed by atoms with van der Waals surface area (Å²) in [5.74, 6) is 1.15. The van der Waals surface area contributed by atoms with E-state index in [4.69, 9.17) is 14.7 Å². The molecule has 1 fully saturated rings. The van der Waals surface area contributed by atoms with E-state index in [0.29, 0.717) is 17.1 Å². The first kappa shape index (κ1) is 13.7. The third-order valence-electron chi connectivity index (χ3n) is 3.54. The van der Waals surface area contributed by atoms with E-state index >= 15 is 0 Å². The highest BCUT2D eigenvalue weighted by molar-refractivity contribution is 5.43. The standard InChI is InChI=1S/C15H19NO3/c1-18-13-7-12(10-16)8-14(9-13)19-11-15(17)5-3-2-4-6-15/h7-9,17H,2-6,11H2,1H3. The predicted molar refractivity (Wildman–Crippen MR) is 71.2 cm³/mol. The van der Waals surface area contributed by atoms with Crippen LogP contribution in [0.15, 0.2) is 18.2 Å². The summed E-state index contributed by atoms with van der Waals surface area (Å²) < 4.78 is 10.8. The minimum absolute atomic E-state index is 0.269. The molecule has 0 aromatic heterocycles. The number of benzene rings is 1. The molecule has 1 aromatic rings. The molecule has 0 unspecified atom stereocenters. The molecule has 1 saturated carbocycles. The van der Waals surface area contributed by atoms with Crippen LogP contribution in [-0.4, -0.2) is 24.4 Å². The van der Waals surface area contributed by atoms with E-state index in [0.717, 1.165) is 25.7 Å². The summed E-state index contributed by atoms with van der Waals surface area (Å²) in [6.07, 6.45) is 4.83. The number of methoxy groups -OCH3 is 1. The van der Waals surface area contributed by atoms with Crippen LogP contribution in [0.5, 0.6) is 11.5 Å². The molecule has 0 bridgehead atoms. The van der Waals surface area contributed by atoms with Gasteiger partial charge in [-0.3, -0.25) is 0 Å². The molecule has 0 heterocycles. The normalized spacial score (nSPS) is 17.5. The molecule has 1 aliphatic rings. The van der Waals surface area contributed by atoms with Crippen molar-refractivity contribution in [2.45, 2.75) is 37.7 Å². The summed E-state index contributed by atoms with van der Waals surface area (Å²) in [6, 6.07) is 7.11. The van der Waals surface area contributed by atoms with E-state index in [2.05, 4.69) is 6.07 Å². The van der Waals surface area contributed by atoms with Crippen LogP contribution in [0, 0.1) is 11.3 Å². The molecule has 0 saturated heterocycles. The van der Waals surface area contributed by atoms with Gasteiger partial charge in [-0.05, 0) is 25.0 Å². The van der Waals surface area contributed by atoms with Crippen molar-refractivity contribution in [2.75, 3.05) is 13.7 Å². The maximum atomic E-state index is 10.4. The fraction of sp³-hybridized carbons (Fsp3) is 0.533. The van der Waals surface area contributed by atoms with E-state index in [-0.39, 0.29) is 6.61 Å². The van der Waals surface area contributed by atoms with Crippen molar-refractivity contribution in [3.05, 3.63) is 23.8 Å². The van der Waals surface area contributed by atoms with Crippen LogP contribution >= 0.6 is 0 Å². The van der Waals surface area contributed by atoms with Gasteiger partial charge < -0.3 is 14.6 Å². The number of rotatable bonds is 4. The Bertz CT molecular complexity index is 473. The summed E-state index contributed by atoms with van der Waals surface area (Å²) in [4.78, 5) is 0. The van der Waals surface area contributed by atoms with Gasteiger partial charge in [0.15, 0.2) is 0 Å². The van der Waals surface area contributed by atoms with Gasteiger partial charge >= 0.3 is 0 Å². The van der Waals surface area contributed by atoms with Gasteiger partial charge in [-0.15, -0.1) is 0 Å². The summed E-state index contributed by atoms with van der Waals surface area (Å²) in [5, 5.41) is 19.3. The van der Waals surface area contributed by atoms with E-state index < -0.39 is 5.60 Å². The molecule has 0 radical (unpaired) electrons. The number of hydrogen-bond donors (Lipinski definition) is 1. The molecule has 2 rings (SSSR count). The molecule has 0 amide bonds. The summed E-state index contributed by atoms with van der Waals surface area (Å²) in [5.41, 5.74) is -0.237. The molecule has 1 aromatic carbocycles. The highest BCUT2D eigenvalue weighted by Gasteiger charge is 2.30. The van der Waals surface area contributed by atoms with Crippen molar-refractivity contribution in [3.63, 3.8) is 0 Å². The number of hydrogen-bond acceptors (Lipinski definition) is 4. The third kappa shape index (κ3) is 3.62. The Labute approximate surface area is 113 Å². The van der Waals surface area contributed by atoms with Gasteiger partial charge in [-0.25, -0.2) is 0 Å². The second kappa shape index (κ2) is 5.94. The lowest BCUT2D eigenvalue weighted by Gasteiger charge is -2.31. The first-order valence-electron chi connectivity index (χ1n) is 6.60. The van der Waals surface area contributed by atoms with Gasteiger partial charge in [-0.1, -0.05) is 19.3 Å². The molecule has 1 N–H and O–H groups in total. The average molecular weight is 261 g/mol. The number of ether oxygens (including phenoxy) is 2. The van der Waals surface area contributed by atoms with Gasteiger partial charge in [-0.2, -0.15) is 5.26 Å². The lowest BCUT2D eigenvalue weighted by Crippen LogP contribution is -2.37. The molecule has 4 nitrogen and oxygen atoms in total. The molecule has 102 valence electrons. The quantitative estimate of drug-likeness (QED) is 0.905. The van der Waals surface area contributed by atoms with Crippen molar-refractivity contribution < 1.29 is 14.6 Å². The minimum Gasteiger partial charge on any atom is -0.497 e. The monoisotopic (exact) mass is 261 g/mol. The van der Waals surface area contributed by atoms with Crippen LogP contribution in [0.4, 0.5) is 0 Å². The van der Waals surface area contributed by atoms with Gasteiger partial charge in [0.05, 0.1) is 24.3 Å². The van der Waals surface area contributed by atoms with Crippen molar-refractivity contribution in [1.82, 2.24) is 0 Å². The van der Waals surface area contributed by atoms with Crippen LogP contribution in [0.25, 0.3) is 0 Å². The Morgan fingerprint density at radius 1 is 1.21 bits per heavy atom. The first-order valence-corrected chi connectivity index (χ1v) is 6.60. The van der Waals surface area contributed by atoms with E-state index in [9.17, 15) is 5.11 Å². The smallest absolute Gasteiger partial charge is 0.124 e. The van der Waals surface area contributed by atoms with Crippen LogP contribution in [-0.2, 0) is 0 Å². The highest BCUT2D eigenvalue weighted by atomic mass is 16.5. The summed E-state index contributed by atoms with van der Waals surface area (Å²) >= 11 is 0. The van der Waals surface area contributed by atoms with E-state index in [1.165, 1.54) is 6.42 Å². The SMILES string of the molecule is COc1cc(C#N)cc(OCC2(O)CCCCC2)c1. The summed E-state index contributed by atoms with van der Waals surface area (Å²) in [7, 11) is 1.55. The fourth-order valence-electron chi connectivity index (χ4n) is 2.41. The number of nitriles is 1. The Morgan fingerprint density at radius 2 is 1.89 bits per heavy atom. The Morgan fingerprint density at radius 3 is 2.53 bits per heavy atom. The second-order valence-electron chi connectivity index (χ2n) is 5.08. The topological polar surface area (TPSA) is 62.5 Å². The molecule has 0 aliphatic heterocycles. The van der Waals surface area contributed by atoms with Crippen molar-refractivity contribution in [2.24, 2.45) is 0 Å². The van der Waals surface area contributed by atoms with Gasteiger partial charge in [0, 0.05) is 6.07 Å². The molecule has 4 heteroatoms. The molecule has 0 atom stereocenters. The van der Waals surface area contributed by atoms with Gasteiger partial charge in [0.25, 0.3) is 0 Å². The van der Waals surface area contributed by atoms with Gasteiger partial charge in [0.1, 0.15) is 18.1 Å². The number of aliphatic hydroxyl groups is 1. The summed E-state index contributed by atoms with van der Waals surface area (Å²) in [6.45, 7) is 0.269. The second-order valence-corrected chi connectivity index (χ2v) is 5.08. The zero-order chi connectivity index (χ0) is 13.7. The Hall–Kier alpha value is -1.73. The minimum atomic E-state index is -0.728. The van der Waals surface area contributed by atoms with Gasteiger partial charge in [0.2, 0.25) is 0 Å². The van der Waals surface area contributed by atoms with E-state index in [1.54, 1.807) is 25.3 Å². The molecule has 1 aliphatic carbocycles. The zero-order valence-corrected chi connectivity index (χ0v) is 11.2. The molecular weight excluding hydrogens is 242 g/mol. The molecule has 19 heavy (non-hydrogen) atoms. The van der Waals surface area contributed by atoms with Crippen molar-refractivity contribution in [1.29, 1.82) is 5.26 Å². The Kier molecular flexibility index (Phi) is 4.28. The third-order valence-corrected chi connectivity index (χ3v) is 3.54. The zero-order valence-electron chi connectivity index (χ0n) is 11.2. The molecular formula is C15H19NO3. The van der Waals surface area contributed by atoms with Crippen LogP contribution in [0.1, 0.15) is 37.7 Å². The van der Waals surface area contributed by atoms with E-state index in [1.807, 2.05) is 0 Å². The first-order chi connectivity index (χ1) is 9.15. The Balaban J connectivity index is 2.04. The van der Waals surface area contributed by atoms with Crippen molar-refractivity contribution >= 4 is 0 Å². The largest absolute Gasteiger partial charge is 0.497 e. The maximum Gasteiger partial charge on any atom is 0.124 e. The lowest BCUT2D eigenvalue weighted by atomic mass is 9.85. The predicted octanol–water partition coefficient (Wildman–Crippen LogP) is 2.64. The average Bonchev–Trinajstić information content (AvgIpc) is 2.45. The van der Waals surface area contributed by atoms with Crippen molar-refractivity contribution in [3.8, 4) is 17.6 Å².